The Labute approximate surface area is 114 Å². The molecule has 1 fully saturated rings. The van der Waals surface area contributed by atoms with Crippen LogP contribution in [0.5, 0.6) is 0 Å². The third-order valence-electron chi connectivity index (χ3n) is 3.86. The molecule has 0 aliphatic heterocycles. The highest BCUT2D eigenvalue weighted by molar-refractivity contribution is 5.90. The monoisotopic (exact) mass is 265 g/mol. The number of anilines is 1. The minimum atomic E-state index is -0.373. The molecule has 0 bridgehead atoms. The molecule has 0 unspecified atom stereocenters. The van der Waals surface area contributed by atoms with E-state index in [1.54, 1.807) is 4.68 Å². The highest BCUT2D eigenvalue weighted by Gasteiger charge is 2.28. The van der Waals surface area contributed by atoms with Crippen LogP contribution in [0.2, 0.25) is 0 Å². The van der Waals surface area contributed by atoms with E-state index in [0.29, 0.717) is 17.4 Å². The van der Waals surface area contributed by atoms with E-state index < -0.39 is 0 Å². The van der Waals surface area contributed by atoms with Crippen molar-refractivity contribution in [2.24, 2.45) is 0 Å². The minimum absolute atomic E-state index is 0.355. The zero-order chi connectivity index (χ0) is 13.8. The standard InChI is InChI=1S/C14H23N3O2/c1-3-9-17-13(15)11(10-7-5-4-6-8-10)12(16-17)14(18)19-2/h10H,3-9,15H2,1-2H3. The van der Waals surface area contributed by atoms with Gasteiger partial charge in [-0.05, 0) is 25.2 Å². The van der Waals surface area contributed by atoms with Crippen LogP contribution in [0, 0.1) is 0 Å². The van der Waals surface area contributed by atoms with Gasteiger partial charge in [0.1, 0.15) is 5.82 Å². The van der Waals surface area contributed by atoms with Crippen LogP contribution in [0.25, 0.3) is 0 Å². The highest BCUT2D eigenvalue weighted by atomic mass is 16.5. The molecular formula is C14H23N3O2. The second-order valence-corrected chi connectivity index (χ2v) is 5.20. The van der Waals surface area contributed by atoms with E-state index in [4.69, 9.17) is 10.5 Å². The summed E-state index contributed by atoms with van der Waals surface area (Å²) >= 11 is 0. The number of hydrogen-bond donors (Lipinski definition) is 1. The lowest BCUT2D eigenvalue weighted by molar-refractivity contribution is 0.0591. The zero-order valence-corrected chi connectivity index (χ0v) is 11.8. The van der Waals surface area contributed by atoms with Crippen molar-refractivity contribution in [3.8, 4) is 0 Å². The molecule has 5 nitrogen and oxygen atoms in total. The van der Waals surface area contributed by atoms with E-state index in [9.17, 15) is 4.79 Å². The van der Waals surface area contributed by atoms with E-state index in [0.717, 1.165) is 31.4 Å². The average Bonchev–Trinajstić information content (AvgIpc) is 2.77. The molecule has 1 heterocycles. The molecule has 0 saturated heterocycles. The first-order chi connectivity index (χ1) is 9.19. The lowest BCUT2D eigenvalue weighted by atomic mass is 9.83. The number of rotatable bonds is 4. The Bertz CT molecular complexity index is 448. The number of nitrogens with two attached hydrogens (primary N) is 1. The van der Waals surface area contributed by atoms with Gasteiger partial charge in [0.25, 0.3) is 0 Å². The lowest BCUT2D eigenvalue weighted by Crippen LogP contribution is -2.12. The fraction of sp³-hybridized carbons (Fsp3) is 0.714. The number of ether oxygens (including phenoxy) is 1. The topological polar surface area (TPSA) is 70.1 Å². The molecule has 0 amide bonds. The molecule has 1 aliphatic carbocycles. The number of carbonyl (C=O) groups excluding carboxylic acids is 1. The lowest BCUT2D eigenvalue weighted by Gasteiger charge is -2.22. The van der Waals surface area contributed by atoms with Gasteiger partial charge in [-0.1, -0.05) is 26.2 Å². The molecule has 0 aromatic carbocycles. The third kappa shape index (κ3) is 2.74. The number of aromatic nitrogens is 2. The molecule has 2 N–H and O–H groups in total. The molecule has 5 heteroatoms. The van der Waals surface area contributed by atoms with Gasteiger partial charge < -0.3 is 10.5 Å². The van der Waals surface area contributed by atoms with E-state index >= 15 is 0 Å². The summed E-state index contributed by atoms with van der Waals surface area (Å²) in [6, 6.07) is 0. The van der Waals surface area contributed by atoms with Crippen molar-refractivity contribution >= 4 is 11.8 Å². The van der Waals surface area contributed by atoms with Crippen molar-refractivity contribution < 1.29 is 9.53 Å². The normalized spacial score (nSPS) is 16.5. The summed E-state index contributed by atoms with van der Waals surface area (Å²) in [4.78, 5) is 11.9. The third-order valence-corrected chi connectivity index (χ3v) is 3.86. The molecule has 2 rings (SSSR count). The number of aryl methyl sites for hydroxylation is 1. The van der Waals surface area contributed by atoms with Crippen LogP contribution in [-0.2, 0) is 11.3 Å². The molecule has 0 spiro atoms. The fourth-order valence-electron chi connectivity index (χ4n) is 2.91. The van der Waals surface area contributed by atoms with Gasteiger partial charge >= 0.3 is 5.97 Å². The van der Waals surface area contributed by atoms with Gasteiger partial charge in [-0.3, -0.25) is 0 Å². The van der Waals surface area contributed by atoms with Gasteiger partial charge in [0.15, 0.2) is 5.69 Å². The average molecular weight is 265 g/mol. The summed E-state index contributed by atoms with van der Waals surface area (Å²) in [5, 5.41) is 4.36. The first-order valence-electron chi connectivity index (χ1n) is 7.13. The maximum absolute atomic E-state index is 11.9. The molecule has 106 valence electrons. The number of esters is 1. The first-order valence-corrected chi connectivity index (χ1v) is 7.13. The van der Waals surface area contributed by atoms with Crippen LogP contribution in [-0.4, -0.2) is 22.9 Å². The van der Waals surface area contributed by atoms with Gasteiger partial charge in [0, 0.05) is 12.1 Å². The number of nitrogens with zero attached hydrogens (tertiary/aromatic N) is 2. The van der Waals surface area contributed by atoms with Crippen LogP contribution in [0.3, 0.4) is 0 Å². The number of methoxy groups -OCH3 is 1. The Kier molecular flexibility index (Phi) is 4.45. The molecule has 1 aromatic rings. The second-order valence-electron chi connectivity index (χ2n) is 5.20. The molecular weight excluding hydrogens is 242 g/mol. The van der Waals surface area contributed by atoms with Crippen molar-refractivity contribution in [2.75, 3.05) is 12.8 Å². The summed E-state index contributed by atoms with van der Waals surface area (Å²) in [6.07, 6.45) is 6.79. The van der Waals surface area contributed by atoms with Crippen LogP contribution >= 0.6 is 0 Å². The quantitative estimate of drug-likeness (QED) is 0.850. The van der Waals surface area contributed by atoms with Gasteiger partial charge in [0.2, 0.25) is 0 Å². The Morgan fingerprint density at radius 3 is 2.68 bits per heavy atom. The zero-order valence-electron chi connectivity index (χ0n) is 11.8. The second kappa shape index (κ2) is 6.08. The Hall–Kier alpha value is -1.52. The Balaban J connectivity index is 2.39. The van der Waals surface area contributed by atoms with Crippen LogP contribution < -0.4 is 5.73 Å². The molecule has 1 saturated carbocycles. The number of hydrogen-bond acceptors (Lipinski definition) is 4. The van der Waals surface area contributed by atoms with E-state index in [2.05, 4.69) is 12.0 Å². The van der Waals surface area contributed by atoms with E-state index in [-0.39, 0.29) is 5.97 Å². The fourth-order valence-corrected chi connectivity index (χ4v) is 2.91. The molecule has 0 atom stereocenters. The summed E-state index contributed by atoms with van der Waals surface area (Å²) in [5.41, 5.74) is 7.54. The van der Waals surface area contributed by atoms with Gasteiger partial charge in [-0.25, -0.2) is 9.48 Å². The van der Waals surface area contributed by atoms with Crippen LogP contribution in [0.4, 0.5) is 5.82 Å². The molecule has 1 aliphatic rings. The van der Waals surface area contributed by atoms with Crippen molar-refractivity contribution in [2.45, 2.75) is 57.9 Å². The van der Waals surface area contributed by atoms with Crippen molar-refractivity contribution in [3.05, 3.63) is 11.3 Å². The summed E-state index contributed by atoms with van der Waals surface area (Å²) in [5.74, 6) is 0.629. The van der Waals surface area contributed by atoms with Crippen molar-refractivity contribution in [1.29, 1.82) is 0 Å². The smallest absolute Gasteiger partial charge is 0.358 e. The predicted molar refractivity (Wildman–Crippen MR) is 74.1 cm³/mol. The summed E-state index contributed by atoms with van der Waals surface area (Å²) in [6.45, 7) is 2.81. The molecule has 0 radical (unpaired) electrons. The maximum Gasteiger partial charge on any atom is 0.358 e. The summed E-state index contributed by atoms with van der Waals surface area (Å²) in [7, 11) is 1.39. The maximum atomic E-state index is 11.9. The van der Waals surface area contributed by atoms with Gasteiger partial charge in [0.05, 0.1) is 7.11 Å². The first kappa shape index (κ1) is 13.9. The Morgan fingerprint density at radius 1 is 1.42 bits per heavy atom. The largest absolute Gasteiger partial charge is 0.464 e. The van der Waals surface area contributed by atoms with Crippen molar-refractivity contribution in [3.63, 3.8) is 0 Å². The number of nitrogen functional groups attached to an aromatic ring is 1. The highest BCUT2D eigenvalue weighted by Crippen LogP contribution is 2.37. The minimum Gasteiger partial charge on any atom is -0.464 e. The van der Waals surface area contributed by atoms with E-state index in [1.807, 2.05) is 0 Å². The van der Waals surface area contributed by atoms with Gasteiger partial charge in [-0.2, -0.15) is 5.10 Å². The van der Waals surface area contributed by atoms with Crippen molar-refractivity contribution in [1.82, 2.24) is 9.78 Å². The van der Waals surface area contributed by atoms with Gasteiger partial charge in [-0.15, -0.1) is 0 Å². The number of carbonyl (C=O) groups is 1. The van der Waals surface area contributed by atoms with E-state index in [1.165, 1.54) is 26.4 Å². The Morgan fingerprint density at radius 2 is 2.11 bits per heavy atom. The van der Waals surface area contributed by atoms with Crippen LogP contribution in [0.1, 0.15) is 67.4 Å². The SMILES string of the molecule is CCCn1nc(C(=O)OC)c(C2CCCCC2)c1N. The molecule has 19 heavy (non-hydrogen) atoms. The molecule has 1 aromatic heterocycles. The summed E-state index contributed by atoms with van der Waals surface area (Å²) < 4.78 is 6.59. The van der Waals surface area contributed by atoms with Crippen LogP contribution in [0.15, 0.2) is 0 Å². The predicted octanol–water partition coefficient (Wildman–Crippen LogP) is 2.71.